The van der Waals surface area contributed by atoms with Gasteiger partial charge in [-0.25, -0.2) is 25.6 Å². The van der Waals surface area contributed by atoms with Gasteiger partial charge in [0.1, 0.15) is 0 Å². The van der Waals surface area contributed by atoms with Crippen LogP contribution in [-0.4, -0.2) is 30.1 Å². The van der Waals surface area contributed by atoms with Crippen LogP contribution in [0, 0.1) is 11.6 Å². The highest BCUT2D eigenvalue weighted by Gasteiger charge is 2.23. The highest BCUT2D eigenvalue weighted by atomic mass is 32.2. The van der Waals surface area contributed by atoms with Crippen molar-refractivity contribution in [1.29, 1.82) is 0 Å². The smallest absolute Gasteiger partial charge is 0.264 e. The Balaban J connectivity index is 2.42. The number of rotatable bonds is 4. The molecule has 0 radical (unpaired) electrons. The molecule has 0 saturated heterocycles. The summed E-state index contributed by atoms with van der Waals surface area (Å²) in [7, 11) is -6.28. The van der Waals surface area contributed by atoms with E-state index >= 15 is 0 Å². The number of sulfone groups is 1. The number of hydrogen-bond donors (Lipinski definition) is 0. The minimum absolute atomic E-state index is 0.0416. The maximum absolute atomic E-state index is 13.2. The Morgan fingerprint density at radius 3 is 1.83 bits per heavy atom. The molecule has 0 bridgehead atoms. The molecule has 0 aromatic heterocycles. The van der Waals surface area contributed by atoms with E-state index < -0.39 is 36.4 Å². The largest absolute Gasteiger partial charge is 0.269 e. The van der Waals surface area contributed by atoms with Crippen LogP contribution >= 0.6 is 0 Å². The summed E-state index contributed by atoms with van der Waals surface area (Å²) < 4.78 is 74.6. The Bertz CT molecular complexity index is 939. The van der Waals surface area contributed by atoms with Gasteiger partial charge < -0.3 is 0 Å². The molecule has 0 atom stereocenters. The lowest BCUT2D eigenvalue weighted by molar-refractivity contribution is 0.504. The van der Waals surface area contributed by atoms with Gasteiger partial charge in [-0.15, -0.1) is 0 Å². The van der Waals surface area contributed by atoms with Crippen LogP contribution in [-0.2, 0) is 19.9 Å². The summed E-state index contributed by atoms with van der Waals surface area (Å²) in [6.07, 6.45) is 1.03. The van der Waals surface area contributed by atoms with Gasteiger partial charge in [-0.1, -0.05) is 0 Å². The average Bonchev–Trinajstić information content (AvgIpc) is 2.48. The summed E-state index contributed by atoms with van der Waals surface area (Å²) in [5, 5.41) is 0. The van der Waals surface area contributed by atoms with Gasteiger partial charge in [-0.2, -0.15) is 0 Å². The van der Waals surface area contributed by atoms with Gasteiger partial charge in [0.2, 0.25) is 0 Å². The minimum atomic E-state index is -4.10. The molecule has 0 aliphatic carbocycles. The van der Waals surface area contributed by atoms with Crippen molar-refractivity contribution in [1.82, 2.24) is 0 Å². The molecule has 0 fully saturated rings. The molecule has 23 heavy (non-hydrogen) atoms. The third-order valence-corrected chi connectivity index (χ3v) is 6.09. The first kappa shape index (κ1) is 17.4. The zero-order valence-electron chi connectivity index (χ0n) is 12.2. The fourth-order valence-electron chi connectivity index (χ4n) is 1.84. The molecule has 124 valence electrons. The highest BCUT2D eigenvalue weighted by Crippen LogP contribution is 2.24. The second-order valence-corrected chi connectivity index (χ2v) is 8.80. The molecule has 0 unspecified atom stereocenters. The molecule has 0 saturated carbocycles. The van der Waals surface area contributed by atoms with E-state index in [-0.39, 0.29) is 10.6 Å². The molecule has 5 nitrogen and oxygen atoms in total. The van der Waals surface area contributed by atoms with Crippen LogP contribution in [0.3, 0.4) is 0 Å². The maximum atomic E-state index is 13.2. The van der Waals surface area contributed by atoms with E-state index in [9.17, 15) is 25.6 Å². The summed E-state index contributed by atoms with van der Waals surface area (Å²) in [6, 6.07) is 7.43. The third-order valence-electron chi connectivity index (χ3n) is 3.18. The summed E-state index contributed by atoms with van der Waals surface area (Å²) in [6.45, 7) is 0. The standard InChI is InChI=1S/C14H13F2NO4S2/c1-17(10-3-5-11(6-4-10)22(2,18)19)23(20,21)12-7-8-13(15)14(16)9-12/h3-9H,1-2H3. The van der Waals surface area contributed by atoms with E-state index in [1.54, 1.807) is 0 Å². The molecule has 0 spiro atoms. The van der Waals surface area contributed by atoms with Crippen molar-refractivity contribution in [2.45, 2.75) is 9.79 Å². The fourth-order valence-corrected chi connectivity index (χ4v) is 3.68. The van der Waals surface area contributed by atoms with E-state index in [4.69, 9.17) is 0 Å². The van der Waals surface area contributed by atoms with Gasteiger partial charge in [0.25, 0.3) is 10.0 Å². The highest BCUT2D eigenvalue weighted by molar-refractivity contribution is 7.92. The second-order valence-electron chi connectivity index (χ2n) is 4.81. The molecule has 2 rings (SSSR count). The molecule has 2 aromatic carbocycles. The van der Waals surface area contributed by atoms with Crippen molar-refractivity contribution >= 4 is 25.5 Å². The molecule has 0 heterocycles. The minimum Gasteiger partial charge on any atom is -0.269 e. The predicted octanol–water partition coefficient (Wildman–Crippen LogP) is 2.19. The van der Waals surface area contributed by atoms with Crippen molar-refractivity contribution in [2.24, 2.45) is 0 Å². The van der Waals surface area contributed by atoms with E-state index in [0.717, 1.165) is 22.7 Å². The summed E-state index contributed by atoms with van der Waals surface area (Å²) in [5.74, 6) is -2.42. The van der Waals surface area contributed by atoms with Crippen molar-refractivity contribution in [3.05, 3.63) is 54.1 Å². The van der Waals surface area contributed by atoms with E-state index in [2.05, 4.69) is 0 Å². The summed E-state index contributed by atoms with van der Waals surface area (Å²) in [5.41, 5.74) is 0.183. The Labute approximate surface area is 133 Å². The normalized spacial score (nSPS) is 12.2. The number of nitrogens with zero attached hydrogens (tertiary/aromatic N) is 1. The topological polar surface area (TPSA) is 71.5 Å². The fraction of sp³-hybridized carbons (Fsp3) is 0.143. The lowest BCUT2D eigenvalue weighted by atomic mass is 10.3. The van der Waals surface area contributed by atoms with Crippen LogP contribution in [0.4, 0.5) is 14.5 Å². The molecule has 0 N–H and O–H groups in total. The lowest BCUT2D eigenvalue weighted by Gasteiger charge is -2.19. The Kier molecular flexibility index (Phi) is 4.45. The van der Waals surface area contributed by atoms with Gasteiger partial charge in [-0.05, 0) is 42.5 Å². The van der Waals surface area contributed by atoms with Gasteiger partial charge in [-0.3, -0.25) is 4.31 Å². The van der Waals surface area contributed by atoms with E-state index in [0.29, 0.717) is 6.07 Å². The van der Waals surface area contributed by atoms with Crippen LogP contribution in [0.2, 0.25) is 0 Å². The van der Waals surface area contributed by atoms with Gasteiger partial charge >= 0.3 is 0 Å². The monoisotopic (exact) mass is 361 g/mol. The number of halogens is 2. The molecular formula is C14H13F2NO4S2. The molecule has 0 amide bonds. The molecule has 2 aromatic rings. The first-order valence-electron chi connectivity index (χ1n) is 6.27. The Hall–Kier alpha value is -2.00. The summed E-state index contributed by atoms with van der Waals surface area (Å²) in [4.78, 5) is -0.369. The van der Waals surface area contributed by atoms with Crippen molar-refractivity contribution in [2.75, 3.05) is 17.6 Å². The van der Waals surface area contributed by atoms with Crippen LogP contribution in [0.1, 0.15) is 0 Å². The quantitative estimate of drug-likeness (QED) is 0.837. The second kappa shape index (κ2) is 5.89. The number of sulfonamides is 1. The molecule has 0 aliphatic rings. The maximum Gasteiger partial charge on any atom is 0.264 e. The van der Waals surface area contributed by atoms with Gasteiger partial charge in [0, 0.05) is 13.3 Å². The van der Waals surface area contributed by atoms with Gasteiger partial charge in [0.05, 0.1) is 15.5 Å². The third kappa shape index (κ3) is 3.50. The van der Waals surface area contributed by atoms with Crippen molar-refractivity contribution in [3.63, 3.8) is 0 Å². The number of benzene rings is 2. The van der Waals surface area contributed by atoms with Crippen molar-refractivity contribution in [3.8, 4) is 0 Å². The first-order valence-corrected chi connectivity index (χ1v) is 9.61. The lowest BCUT2D eigenvalue weighted by Crippen LogP contribution is -2.26. The zero-order valence-corrected chi connectivity index (χ0v) is 13.8. The van der Waals surface area contributed by atoms with Crippen molar-refractivity contribution < 1.29 is 25.6 Å². The predicted molar refractivity (Wildman–Crippen MR) is 81.5 cm³/mol. The summed E-state index contributed by atoms with van der Waals surface area (Å²) >= 11 is 0. The van der Waals surface area contributed by atoms with Crippen LogP contribution in [0.25, 0.3) is 0 Å². The van der Waals surface area contributed by atoms with Crippen LogP contribution in [0.15, 0.2) is 52.3 Å². The Morgan fingerprint density at radius 1 is 0.826 bits per heavy atom. The van der Waals surface area contributed by atoms with Crippen LogP contribution in [0.5, 0.6) is 0 Å². The average molecular weight is 361 g/mol. The molecule has 9 heteroatoms. The number of anilines is 1. The number of hydrogen-bond acceptors (Lipinski definition) is 4. The zero-order chi connectivity index (χ0) is 17.4. The molecule has 0 aliphatic heterocycles. The van der Waals surface area contributed by atoms with E-state index in [1.165, 1.54) is 31.3 Å². The van der Waals surface area contributed by atoms with E-state index in [1.807, 2.05) is 0 Å². The SMILES string of the molecule is CN(c1ccc(S(C)(=O)=O)cc1)S(=O)(=O)c1ccc(F)c(F)c1. The molecular weight excluding hydrogens is 348 g/mol. The first-order chi connectivity index (χ1) is 10.5. The van der Waals surface area contributed by atoms with Crippen LogP contribution < -0.4 is 4.31 Å². The van der Waals surface area contributed by atoms with Gasteiger partial charge in [0.15, 0.2) is 21.5 Å². The Morgan fingerprint density at radius 2 is 1.35 bits per heavy atom.